The van der Waals surface area contributed by atoms with Crippen LogP contribution in [-0.2, 0) is 10.0 Å². The van der Waals surface area contributed by atoms with Crippen molar-refractivity contribution >= 4 is 15.7 Å². The van der Waals surface area contributed by atoms with Crippen LogP contribution in [0.1, 0.15) is 13.8 Å². The molecule has 96 valence electrons. The Morgan fingerprint density at radius 2 is 1.76 bits per heavy atom. The molecule has 1 rings (SSSR count). The summed E-state index contributed by atoms with van der Waals surface area (Å²) in [7, 11) is -1.97. The third-order valence-electron chi connectivity index (χ3n) is 2.18. The summed E-state index contributed by atoms with van der Waals surface area (Å²) in [6.07, 6.45) is 0. The molecule has 5 nitrogen and oxygen atoms in total. The lowest BCUT2D eigenvalue weighted by Crippen LogP contribution is -2.39. The molecule has 0 atom stereocenters. The second-order valence-corrected chi connectivity index (χ2v) is 6.46. The Hall–Kier alpha value is -1.11. The van der Waals surface area contributed by atoms with Gasteiger partial charge in [-0.3, -0.25) is 0 Å². The normalized spacial score (nSPS) is 12.5. The zero-order valence-electron chi connectivity index (χ0n) is 10.3. The van der Waals surface area contributed by atoms with Crippen LogP contribution in [0.2, 0.25) is 0 Å². The summed E-state index contributed by atoms with van der Waals surface area (Å²) >= 11 is 0. The lowest BCUT2D eigenvalue weighted by Gasteiger charge is -2.19. The first-order chi connectivity index (χ1) is 7.74. The van der Waals surface area contributed by atoms with Crippen LogP contribution in [0.4, 0.5) is 5.69 Å². The number of hydrogen-bond donors (Lipinski definition) is 3. The molecular weight excluding hydrogens is 238 g/mol. The van der Waals surface area contributed by atoms with Gasteiger partial charge in [-0.05, 0) is 45.2 Å². The Labute approximate surface area is 102 Å². The van der Waals surface area contributed by atoms with Crippen molar-refractivity contribution in [3.8, 4) is 0 Å². The Morgan fingerprint density at radius 1 is 1.24 bits per heavy atom. The van der Waals surface area contributed by atoms with Crippen molar-refractivity contribution in [2.75, 3.05) is 18.9 Å². The maximum atomic E-state index is 11.5. The average molecular weight is 257 g/mol. The van der Waals surface area contributed by atoms with Gasteiger partial charge < -0.3 is 11.1 Å². The van der Waals surface area contributed by atoms with E-state index in [1.54, 1.807) is 24.3 Å². The van der Waals surface area contributed by atoms with E-state index in [2.05, 4.69) is 10.0 Å². The largest absolute Gasteiger partial charge is 0.383 e. The number of sulfonamides is 1. The van der Waals surface area contributed by atoms with Gasteiger partial charge in [0.25, 0.3) is 0 Å². The third-order valence-corrected chi connectivity index (χ3v) is 3.61. The standard InChI is InChI=1S/C11H19N3O2S/c1-11(2,12)8-14-9-4-6-10(7-5-9)17(15,16)13-3/h4-7,13-14H,8,12H2,1-3H3. The molecule has 0 aliphatic rings. The summed E-state index contributed by atoms with van der Waals surface area (Å²) < 4.78 is 25.2. The van der Waals surface area contributed by atoms with Crippen LogP contribution in [0.3, 0.4) is 0 Å². The highest BCUT2D eigenvalue weighted by Crippen LogP contribution is 2.14. The minimum Gasteiger partial charge on any atom is -0.383 e. The molecule has 0 saturated carbocycles. The van der Waals surface area contributed by atoms with Crippen molar-refractivity contribution in [2.24, 2.45) is 5.73 Å². The lowest BCUT2D eigenvalue weighted by atomic mass is 10.1. The Kier molecular flexibility index (Phi) is 4.13. The second kappa shape index (κ2) is 5.03. The number of rotatable bonds is 5. The van der Waals surface area contributed by atoms with E-state index in [0.29, 0.717) is 6.54 Å². The smallest absolute Gasteiger partial charge is 0.240 e. The maximum absolute atomic E-state index is 11.5. The van der Waals surface area contributed by atoms with Gasteiger partial charge in [0.1, 0.15) is 0 Å². The minimum atomic E-state index is -3.36. The molecule has 0 heterocycles. The van der Waals surface area contributed by atoms with Gasteiger partial charge in [-0.15, -0.1) is 0 Å². The predicted octanol–water partition coefficient (Wildman–Crippen LogP) is 0.744. The summed E-state index contributed by atoms with van der Waals surface area (Å²) in [4.78, 5) is 0.248. The molecule has 0 radical (unpaired) electrons. The molecule has 0 fully saturated rings. The van der Waals surface area contributed by atoms with Crippen molar-refractivity contribution < 1.29 is 8.42 Å². The van der Waals surface area contributed by atoms with Gasteiger partial charge in [0.15, 0.2) is 0 Å². The van der Waals surface area contributed by atoms with E-state index >= 15 is 0 Å². The SMILES string of the molecule is CNS(=O)(=O)c1ccc(NCC(C)(C)N)cc1. The molecule has 17 heavy (non-hydrogen) atoms. The molecule has 0 unspecified atom stereocenters. The monoisotopic (exact) mass is 257 g/mol. The lowest BCUT2D eigenvalue weighted by molar-refractivity contribution is 0.549. The average Bonchev–Trinajstić information content (AvgIpc) is 2.26. The summed E-state index contributed by atoms with van der Waals surface area (Å²) in [6, 6.07) is 6.54. The number of nitrogens with one attached hydrogen (secondary N) is 2. The zero-order chi connectivity index (χ0) is 13.1. The Balaban J connectivity index is 2.76. The van der Waals surface area contributed by atoms with E-state index in [-0.39, 0.29) is 10.4 Å². The Bertz CT molecular complexity index is 460. The van der Waals surface area contributed by atoms with Crippen molar-refractivity contribution in [1.82, 2.24) is 4.72 Å². The summed E-state index contributed by atoms with van der Waals surface area (Å²) in [5.74, 6) is 0. The van der Waals surface area contributed by atoms with Gasteiger partial charge in [0.2, 0.25) is 10.0 Å². The summed E-state index contributed by atoms with van der Waals surface area (Å²) in [5.41, 5.74) is 6.37. The van der Waals surface area contributed by atoms with Gasteiger partial charge in [-0.25, -0.2) is 13.1 Å². The van der Waals surface area contributed by atoms with Gasteiger partial charge >= 0.3 is 0 Å². The fraction of sp³-hybridized carbons (Fsp3) is 0.455. The van der Waals surface area contributed by atoms with Crippen LogP contribution >= 0.6 is 0 Å². The molecule has 0 amide bonds. The van der Waals surface area contributed by atoms with Crippen LogP contribution in [-0.4, -0.2) is 27.5 Å². The van der Waals surface area contributed by atoms with Crippen molar-refractivity contribution in [3.63, 3.8) is 0 Å². The van der Waals surface area contributed by atoms with E-state index in [0.717, 1.165) is 5.69 Å². The van der Waals surface area contributed by atoms with E-state index in [4.69, 9.17) is 5.73 Å². The summed E-state index contributed by atoms with van der Waals surface area (Å²) in [5, 5.41) is 3.14. The highest BCUT2D eigenvalue weighted by molar-refractivity contribution is 7.89. The second-order valence-electron chi connectivity index (χ2n) is 4.57. The molecule has 0 aliphatic heterocycles. The van der Waals surface area contributed by atoms with E-state index in [1.807, 2.05) is 13.8 Å². The molecular formula is C11H19N3O2S. The van der Waals surface area contributed by atoms with Gasteiger partial charge in [0, 0.05) is 17.8 Å². The molecule has 0 aromatic heterocycles. The zero-order valence-corrected chi connectivity index (χ0v) is 11.1. The van der Waals surface area contributed by atoms with Crippen molar-refractivity contribution in [2.45, 2.75) is 24.3 Å². The van der Waals surface area contributed by atoms with E-state index in [1.165, 1.54) is 7.05 Å². The number of nitrogens with two attached hydrogens (primary N) is 1. The molecule has 4 N–H and O–H groups in total. The quantitative estimate of drug-likeness (QED) is 0.726. The molecule has 0 spiro atoms. The Morgan fingerprint density at radius 3 is 2.18 bits per heavy atom. The van der Waals surface area contributed by atoms with Gasteiger partial charge in [-0.1, -0.05) is 0 Å². The number of anilines is 1. The van der Waals surface area contributed by atoms with Crippen LogP contribution < -0.4 is 15.8 Å². The molecule has 1 aromatic rings. The summed E-state index contributed by atoms with van der Waals surface area (Å²) in [6.45, 7) is 4.45. The third kappa shape index (κ3) is 4.33. The highest BCUT2D eigenvalue weighted by atomic mass is 32.2. The first-order valence-electron chi connectivity index (χ1n) is 5.31. The molecule has 0 saturated heterocycles. The predicted molar refractivity (Wildman–Crippen MR) is 69.4 cm³/mol. The molecule has 0 bridgehead atoms. The molecule has 1 aromatic carbocycles. The maximum Gasteiger partial charge on any atom is 0.240 e. The fourth-order valence-electron chi connectivity index (χ4n) is 1.20. The minimum absolute atomic E-state index is 0.248. The van der Waals surface area contributed by atoms with Crippen molar-refractivity contribution in [1.29, 1.82) is 0 Å². The first kappa shape index (κ1) is 14.0. The van der Waals surface area contributed by atoms with Crippen LogP contribution in [0.25, 0.3) is 0 Å². The first-order valence-corrected chi connectivity index (χ1v) is 6.79. The number of benzene rings is 1. The van der Waals surface area contributed by atoms with Crippen LogP contribution in [0, 0.1) is 0 Å². The number of hydrogen-bond acceptors (Lipinski definition) is 4. The van der Waals surface area contributed by atoms with Gasteiger partial charge in [-0.2, -0.15) is 0 Å². The fourth-order valence-corrected chi connectivity index (χ4v) is 1.93. The van der Waals surface area contributed by atoms with E-state index < -0.39 is 10.0 Å². The van der Waals surface area contributed by atoms with Crippen LogP contribution in [0.5, 0.6) is 0 Å². The van der Waals surface area contributed by atoms with Crippen LogP contribution in [0.15, 0.2) is 29.2 Å². The van der Waals surface area contributed by atoms with Gasteiger partial charge in [0.05, 0.1) is 4.90 Å². The highest BCUT2D eigenvalue weighted by Gasteiger charge is 2.12. The molecule has 0 aliphatic carbocycles. The van der Waals surface area contributed by atoms with Crippen molar-refractivity contribution in [3.05, 3.63) is 24.3 Å². The van der Waals surface area contributed by atoms with E-state index in [9.17, 15) is 8.42 Å². The topological polar surface area (TPSA) is 84.2 Å². The molecule has 6 heteroatoms.